The summed E-state index contributed by atoms with van der Waals surface area (Å²) >= 11 is 1.28. The zero-order valence-corrected chi connectivity index (χ0v) is 26.7. The Bertz CT molecular complexity index is 1720. The van der Waals surface area contributed by atoms with Crippen molar-refractivity contribution in [3.8, 4) is 5.75 Å². The smallest absolute Gasteiger partial charge is 0.338 e. The fourth-order valence-electron chi connectivity index (χ4n) is 5.42. The number of carbonyl (C=O) groups is 2. The first kappa shape index (κ1) is 31.2. The molecule has 1 atom stereocenters. The van der Waals surface area contributed by atoms with Crippen LogP contribution in [0.3, 0.4) is 0 Å². The molecule has 1 unspecified atom stereocenters. The third kappa shape index (κ3) is 6.63. The average Bonchev–Trinajstić information content (AvgIpc) is 3.33. The number of benzene rings is 2. The largest absolute Gasteiger partial charge is 0.484 e. The van der Waals surface area contributed by atoms with E-state index in [1.807, 2.05) is 66.4 Å². The molecule has 1 aromatic heterocycles. The number of anilines is 1. The van der Waals surface area contributed by atoms with E-state index in [2.05, 4.69) is 16.8 Å². The Hall–Kier alpha value is -4.22. The molecule has 0 spiro atoms. The average molecular weight is 618 g/mol. The van der Waals surface area contributed by atoms with Crippen LogP contribution in [0.1, 0.15) is 37.9 Å². The molecule has 2 aliphatic heterocycles. The number of allylic oxidation sites excluding steroid dienone is 1. The minimum atomic E-state index is -0.665. The Morgan fingerprint density at radius 3 is 2.32 bits per heavy atom. The van der Waals surface area contributed by atoms with Gasteiger partial charge in [0.15, 0.2) is 11.4 Å². The third-order valence-electron chi connectivity index (χ3n) is 7.95. The lowest BCUT2D eigenvalue weighted by molar-refractivity contribution is -0.139. The van der Waals surface area contributed by atoms with Crippen molar-refractivity contribution in [2.75, 3.05) is 64.9 Å². The number of hydrogen-bond donors (Lipinski definition) is 0. The lowest BCUT2D eigenvalue weighted by atomic mass is 9.95. The van der Waals surface area contributed by atoms with Gasteiger partial charge in [-0.15, -0.1) is 0 Å². The number of carbonyl (C=O) groups excluding carboxylic acids is 2. The van der Waals surface area contributed by atoms with Gasteiger partial charge in [0.2, 0.25) is 0 Å². The van der Waals surface area contributed by atoms with Gasteiger partial charge in [0, 0.05) is 46.0 Å². The highest BCUT2D eigenvalue weighted by Gasteiger charge is 2.33. The molecule has 0 bridgehead atoms. The highest BCUT2D eigenvalue weighted by Crippen LogP contribution is 2.31. The maximum absolute atomic E-state index is 13.9. The van der Waals surface area contributed by atoms with E-state index in [1.54, 1.807) is 30.5 Å². The Kier molecular flexibility index (Phi) is 9.65. The molecule has 0 N–H and O–H groups in total. The molecule has 232 valence electrons. The van der Waals surface area contributed by atoms with Crippen LogP contribution in [0.2, 0.25) is 0 Å². The van der Waals surface area contributed by atoms with Crippen molar-refractivity contribution in [3.05, 3.63) is 90.6 Å². The van der Waals surface area contributed by atoms with Crippen molar-refractivity contribution in [1.82, 2.24) is 14.4 Å². The third-order valence-corrected chi connectivity index (χ3v) is 8.94. The Balaban J connectivity index is 1.39. The van der Waals surface area contributed by atoms with E-state index in [-0.39, 0.29) is 24.7 Å². The molecule has 5 rings (SSSR count). The summed E-state index contributed by atoms with van der Waals surface area (Å²) in [5.41, 5.74) is 3.25. The van der Waals surface area contributed by atoms with E-state index in [0.717, 1.165) is 49.5 Å². The van der Waals surface area contributed by atoms with E-state index in [1.165, 1.54) is 11.3 Å². The van der Waals surface area contributed by atoms with E-state index in [0.29, 0.717) is 26.4 Å². The van der Waals surface area contributed by atoms with Crippen molar-refractivity contribution in [2.24, 2.45) is 4.99 Å². The van der Waals surface area contributed by atoms with Crippen molar-refractivity contribution in [3.63, 3.8) is 0 Å². The summed E-state index contributed by atoms with van der Waals surface area (Å²) in [6.07, 6.45) is 1.81. The van der Waals surface area contributed by atoms with Gasteiger partial charge in [-0.05, 0) is 61.9 Å². The highest BCUT2D eigenvalue weighted by molar-refractivity contribution is 7.07. The van der Waals surface area contributed by atoms with E-state index in [4.69, 9.17) is 9.47 Å². The van der Waals surface area contributed by atoms with Crippen LogP contribution in [-0.4, -0.2) is 86.3 Å². The normalized spacial score (nSPS) is 17.2. The van der Waals surface area contributed by atoms with Gasteiger partial charge in [-0.25, -0.2) is 9.79 Å². The van der Waals surface area contributed by atoms with Gasteiger partial charge in [0.1, 0.15) is 5.75 Å². The molecule has 1 saturated heterocycles. The molecule has 11 heteroatoms. The summed E-state index contributed by atoms with van der Waals surface area (Å²) in [5, 5.41) is 0. The summed E-state index contributed by atoms with van der Waals surface area (Å²) in [4.78, 5) is 50.9. The second-order valence-electron chi connectivity index (χ2n) is 11.0. The quantitative estimate of drug-likeness (QED) is 0.341. The number of rotatable bonds is 9. The standard InChI is InChI=1S/C33H39N5O5S/c1-6-36-16-18-37(19-17-36)28(39)21-43-26-14-8-23(9-15-26)20-27-31(40)38-30(24-10-12-25(13-11-24)35(4)5)29(32(41)42-7-2)22(3)34-33(38)44-27/h8-15,20,30H,6-7,16-19,21H2,1-5H3/b27-20-. The van der Waals surface area contributed by atoms with Crippen molar-refractivity contribution in [1.29, 1.82) is 0 Å². The zero-order valence-electron chi connectivity index (χ0n) is 25.9. The maximum atomic E-state index is 13.9. The summed E-state index contributed by atoms with van der Waals surface area (Å²) < 4.78 is 13.2. The molecule has 44 heavy (non-hydrogen) atoms. The van der Waals surface area contributed by atoms with Crippen LogP contribution in [0.5, 0.6) is 5.75 Å². The predicted molar refractivity (Wildman–Crippen MR) is 172 cm³/mol. The topological polar surface area (TPSA) is 96.7 Å². The van der Waals surface area contributed by atoms with E-state index >= 15 is 0 Å². The summed E-state index contributed by atoms with van der Waals surface area (Å²) in [7, 11) is 3.92. The first-order valence-electron chi connectivity index (χ1n) is 14.9. The monoisotopic (exact) mass is 617 g/mol. The van der Waals surface area contributed by atoms with Crippen LogP contribution in [0, 0.1) is 0 Å². The Labute approximate surface area is 261 Å². The van der Waals surface area contributed by atoms with Crippen LogP contribution >= 0.6 is 11.3 Å². The minimum absolute atomic E-state index is 0.0122. The molecular weight excluding hydrogens is 578 g/mol. The lowest BCUT2D eigenvalue weighted by Crippen LogP contribution is -2.49. The number of thiazole rings is 1. The first-order valence-corrected chi connectivity index (χ1v) is 15.7. The van der Waals surface area contributed by atoms with Crippen LogP contribution in [0.4, 0.5) is 5.69 Å². The number of nitrogens with zero attached hydrogens (tertiary/aromatic N) is 5. The molecule has 3 aromatic rings. The van der Waals surface area contributed by atoms with Crippen molar-refractivity contribution in [2.45, 2.75) is 26.8 Å². The number of amides is 1. The van der Waals surface area contributed by atoms with Crippen molar-refractivity contribution < 1.29 is 19.1 Å². The predicted octanol–water partition coefficient (Wildman–Crippen LogP) is 2.41. The van der Waals surface area contributed by atoms with Gasteiger partial charge >= 0.3 is 5.97 Å². The number of ether oxygens (including phenoxy) is 2. The maximum Gasteiger partial charge on any atom is 0.338 e. The molecular formula is C33H39N5O5S. The number of likely N-dealkylation sites (N-methyl/N-ethyl adjacent to an activating group) is 1. The second kappa shape index (κ2) is 13.6. The molecule has 0 radical (unpaired) electrons. The minimum Gasteiger partial charge on any atom is -0.484 e. The molecule has 2 aliphatic rings. The molecule has 3 heterocycles. The van der Waals surface area contributed by atoms with Gasteiger partial charge in [0.25, 0.3) is 11.5 Å². The Morgan fingerprint density at radius 1 is 1.02 bits per heavy atom. The number of hydrogen-bond acceptors (Lipinski definition) is 9. The van der Waals surface area contributed by atoms with Gasteiger partial charge in [0.05, 0.1) is 28.5 Å². The van der Waals surface area contributed by atoms with Gasteiger partial charge in [-0.2, -0.15) is 0 Å². The Morgan fingerprint density at radius 2 is 1.70 bits per heavy atom. The first-order chi connectivity index (χ1) is 21.2. The SMILES string of the molecule is CCOC(=O)C1=C(C)N=c2s/c(=C\c3ccc(OCC(=O)N4CCN(CC)CC4)cc3)c(=O)n2C1c1ccc(N(C)C)cc1. The van der Waals surface area contributed by atoms with Crippen LogP contribution in [0.25, 0.3) is 6.08 Å². The fourth-order valence-corrected chi connectivity index (χ4v) is 6.47. The second-order valence-corrected chi connectivity index (χ2v) is 12.0. The molecule has 10 nitrogen and oxygen atoms in total. The number of esters is 1. The summed E-state index contributed by atoms with van der Waals surface area (Å²) in [6, 6.07) is 14.4. The van der Waals surface area contributed by atoms with Crippen LogP contribution < -0.4 is 24.5 Å². The van der Waals surface area contributed by atoms with Crippen LogP contribution in [-0.2, 0) is 14.3 Å². The van der Waals surface area contributed by atoms with Crippen molar-refractivity contribution >= 4 is 35.0 Å². The zero-order chi connectivity index (χ0) is 31.4. The number of aromatic nitrogens is 1. The number of fused-ring (bicyclic) bond motifs is 1. The summed E-state index contributed by atoms with van der Waals surface area (Å²) in [6.45, 7) is 10.1. The molecule has 2 aromatic carbocycles. The fraction of sp³-hybridized carbons (Fsp3) is 0.394. The van der Waals surface area contributed by atoms with E-state index in [9.17, 15) is 14.4 Å². The van der Waals surface area contributed by atoms with Gasteiger partial charge in [-0.3, -0.25) is 14.2 Å². The van der Waals surface area contributed by atoms with Crippen LogP contribution in [0.15, 0.2) is 69.6 Å². The molecule has 0 saturated carbocycles. The lowest BCUT2D eigenvalue weighted by Gasteiger charge is -2.33. The van der Waals surface area contributed by atoms with Gasteiger partial charge < -0.3 is 24.2 Å². The molecule has 1 fully saturated rings. The number of piperazine rings is 1. The molecule has 0 aliphatic carbocycles. The van der Waals surface area contributed by atoms with E-state index < -0.39 is 12.0 Å². The highest BCUT2D eigenvalue weighted by atomic mass is 32.1. The summed E-state index contributed by atoms with van der Waals surface area (Å²) in [5.74, 6) is 0.0800. The van der Waals surface area contributed by atoms with Gasteiger partial charge in [-0.1, -0.05) is 42.5 Å². The molecule has 1 amide bonds.